The summed E-state index contributed by atoms with van der Waals surface area (Å²) in [6.45, 7) is 0. The molecule has 4 nitrogen and oxygen atoms in total. The van der Waals surface area contributed by atoms with E-state index in [1.54, 1.807) is 0 Å². The van der Waals surface area contributed by atoms with Gasteiger partial charge in [0.25, 0.3) is 5.56 Å². The van der Waals surface area contributed by atoms with E-state index in [2.05, 4.69) is 23.1 Å². The molecule has 38 valence electrons. The normalized spacial score (nSPS) is 9.29. The molecule has 0 aliphatic carbocycles. The van der Waals surface area contributed by atoms with Gasteiger partial charge in [0.1, 0.15) is 6.20 Å². The minimum Gasteiger partial charge on any atom is -0.265 e. The Bertz CT molecular complexity index is 201. The van der Waals surface area contributed by atoms with Crippen molar-refractivity contribution in [3.63, 3.8) is 0 Å². The number of rotatable bonds is 0. The highest BCUT2D eigenvalue weighted by atomic mass is 32.1. The van der Waals surface area contributed by atoms with Crippen molar-refractivity contribution in [2.24, 2.45) is 0 Å². The Morgan fingerprint density at radius 2 is 2.71 bits per heavy atom. The van der Waals surface area contributed by atoms with Gasteiger partial charge in [0.2, 0.25) is 0 Å². The van der Waals surface area contributed by atoms with Crippen LogP contribution in [0.3, 0.4) is 0 Å². The molecule has 0 aliphatic rings. The standard InChI is InChI=1S/C2H3N3OS/c6-2-1-3-4-5(2)7/h1,4,7H. The van der Waals surface area contributed by atoms with Gasteiger partial charge in [0, 0.05) is 0 Å². The quantitative estimate of drug-likeness (QED) is 0.440. The minimum atomic E-state index is -0.247. The third kappa shape index (κ3) is 0.663. The summed E-state index contributed by atoms with van der Waals surface area (Å²) in [6, 6.07) is 0. The zero-order valence-electron chi connectivity index (χ0n) is 3.33. The second-order valence-electron chi connectivity index (χ2n) is 1.01. The summed E-state index contributed by atoms with van der Waals surface area (Å²) in [7, 11) is 0. The fourth-order valence-electron chi connectivity index (χ4n) is 0.243. The van der Waals surface area contributed by atoms with Crippen LogP contribution >= 0.6 is 12.8 Å². The number of hydrogen-bond donors (Lipinski definition) is 2. The molecule has 0 unspecified atom stereocenters. The molecule has 0 radical (unpaired) electrons. The number of H-pyrrole nitrogens is 1. The maximum atomic E-state index is 10.2. The molecule has 0 aliphatic heterocycles. The van der Waals surface area contributed by atoms with Crippen molar-refractivity contribution in [1.82, 2.24) is 14.4 Å². The van der Waals surface area contributed by atoms with Gasteiger partial charge in [-0.25, -0.2) is 5.21 Å². The SMILES string of the molecule is O=c1cn[nH]n1S. The molecule has 5 heteroatoms. The highest BCUT2D eigenvalue weighted by Crippen LogP contribution is 1.67. The number of thiol groups is 1. The van der Waals surface area contributed by atoms with Crippen molar-refractivity contribution in [2.45, 2.75) is 0 Å². The highest BCUT2D eigenvalue weighted by Gasteiger charge is 1.83. The number of nitrogens with one attached hydrogen (secondary N) is 1. The average Bonchev–Trinajstić information content (AvgIpc) is 1.91. The van der Waals surface area contributed by atoms with E-state index in [0.717, 1.165) is 10.3 Å². The Labute approximate surface area is 44.7 Å². The van der Waals surface area contributed by atoms with Crippen LogP contribution in [-0.2, 0) is 0 Å². The topological polar surface area (TPSA) is 50.7 Å². The Balaban J connectivity index is 3.39. The summed E-state index contributed by atoms with van der Waals surface area (Å²) >= 11 is 3.64. The van der Waals surface area contributed by atoms with Crippen LogP contribution in [0.4, 0.5) is 0 Å². The van der Waals surface area contributed by atoms with Crippen LogP contribution in [0.5, 0.6) is 0 Å². The molecule has 1 rings (SSSR count). The van der Waals surface area contributed by atoms with Crippen molar-refractivity contribution in [1.29, 1.82) is 0 Å². The van der Waals surface area contributed by atoms with E-state index in [0.29, 0.717) is 0 Å². The van der Waals surface area contributed by atoms with Crippen LogP contribution in [-0.4, -0.2) is 14.4 Å². The first-order valence-electron chi connectivity index (χ1n) is 1.62. The highest BCUT2D eigenvalue weighted by molar-refractivity contribution is 7.78. The van der Waals surface area contributed by atoms with Gasteiger partial charge in [-0.2, -0.15) is 9.19 Å². The van der Waals surface area contributed by atoms with Crippen molar-refractivity contribution in [2.75, 3.05) is 0 Å². The molecule has 0 fully saturated rings. The van der Waals surface area contributed by atoms with E-state index >= 15 is 0 Å². The first-order chi connectivity index (χ1) is 3.30. The Morgan fingerprint density at radius 3 is 2.86 bits per heavy atom. The van der Waals surface area contributed by atoms with Crippen LogP contribution in [0.25, 0.3) is 0 Å². The van der Waals surface area contributed by atoms with Crippen LogP contribution < -0.4 is 5.56 Å². The maximum absolute atomic E-state index is 10.2. The predicted molar refractivity (Wildman–Crippen MR) is 27.2 cm³/mol. The number of hydrogen-bond acceptors (Lipinski definition) is 3. The molecule has 7 heavy (non-hydrogen) atoms. The van der Waals surface area contributed by atoms with E-state index in [1.807, 2.05) is 0 Å². The molecular formula is C2H3N3OS. The Morgan fingerprint density at radius 1 is 2.00 bits per heavy atom. The van der Waals surface area contributed by atoms with Crippen LogP contribution in [0.1, 0.15) is 0 Å². The smallest absolute Gasteiger partial charge is 0.265 e. The fourth-order valence-corrected chi connectivity index (χ4v) is 0.346. The number of nitrogens with zero attached hydrogens (tertiary/aromatic N) is 2. The second kappa shape index (κ2) is 1.42. The zero-order chi connectivity index (χ0) is 5.28. The van der Waals surface area contributed by atoms with Gasteiger partial charge >= 0.3 is 0 Å². The lowest BCUT2D eigenvalue weighted by molar-refractivity contribution is 0.883. The molecule has 1 aromatic heterocycles. The third-order valence-corrected chi connectivity index (χ3v) is 0.823. The van der Waals surface area contributed by atoms with Gasteiger partial charge in [0.05, 0.1) is 0 Å². The van der Waals surface area contributed by atoms with Gasteiger partial charge in [-0.15, -0.1) is 0 Å². The molecule has 0 aromatic carbocycles. The van der Waals surface area contributed by atoms with Crippen molar-refractivity contribution in [3.8, 4) is 0 Å². The fraction of sp³-hybridized carbons (Fsp3) is 0. The van der Waals surface area contributed by atoms with E-state index in [1.165, 1.54) is 0 Å². The summed E-state index contributed by atoms with van der Waals surface area (Å²) in [5.41, 5.74) is -0.247. The first kappa shape index (κ1) is 4.45. The zero-order valence-corrected chi connectivity index (χ0v) is 4.22. The second-order valence-corrected chi connectivity index (χ2v) is 1.41. The average molecular weight is 117 g/mol. The van der Waals surface area contributed by atoms with E-state index in [9.17, 15) is 4.79 Å². The molecule has 1 heterocycles. The molecule has 1 aromatic rings. The van der Waals surface area contributed by atoms with E-state index in [-0.39, 0.29) is 5.56 Å². The van der Waals surface area contributed by atoms with Crippen LogP contribution in [0, 0.1) is 0 Å². The van der Waals surface area contributed by atoms with E-state index < -0.39 is 0 Å². The minimum absolute atomic E-state index is 0.247. The summed E-state index contributed by atoms with van der Waals surface area (Å²) < 4.78 is 0.986. The summed E-state index contributed by atoms with van der Waals surface area (Å²) in [6.07, 6.45) is 1.15. The lowest BCUT2D eigenvalue weighted by Crippen LogP contribution is -2.04. The Kier molecular flexibility index (Phi) is 0.900. The van der Waals surface area contributed by atoms with Crippen LogP contribution in [0.15, 0.2) is 11.0 Å². The predicted octanol–water partition coefficient (Wildman–Crippen LogP) is -0.736. The van der Waals surface area contributed by atoms with Gasteiger partial charge in [-0.1, -0.05) is 0 Å². The lowest BCUT2D eigenvalue weighted by atomic mass is 10.9. The van der Waals surface area contributed by atoms with Gasteiger partial charge < -0.3 is 0 Å². The van der Waals surface area contributed by atoms with Gasteiger partial charge in [0.15, 0.2) is 0 Å². The number of aromatic nitrogens is 3. The molecule has 0 saturated carbocycles. The lowest BCUT2D eigenvalue weighted by Gasteiger charge is -1.75. The molecule has 0 bridgehead atoms. The monoisotopic (exact) mass is 117 g/mol. The largest absolute Gasteiger partial charge is 0.296 e. The maximum Gasteiger partial charge on any atom is 0.296 e. The summed E-state index contributed by atoms with van der Waals surface area (Å²) in [4.78, 5) is 10.2. The van der Waals surface area contributed by atoms with Crippen molar-refractivity contribution >= 4 is 12.8 Å². The Hall–Kier alpha value is -0.710. The molecule has 0 saturated heterocycles. The van der Waals surface area contributed by atoms with Crippen molar-refractivity contribution in [3.05, 3.63) is 16.6 Å². The summed E-state index contributed by atoms with van der Waals surface area (Å²) in [5, 5.41) is 5.66. The summed E-state index contributed by atoms with van der Waals surface area (Å²) in [5.74, 6) is 0. The van der Waals surface area contributed by atoms with Gasteiger partial charge in [-0.3, -0.25) is 4.79 Å². The van der Waals surface area contributed by atoms with Crippen LogP contribution in [0.2, 0.25) is 0 Å². The van der Waals surface area contributed by atoms with E-state index in [4.69, 9.17) is 0 Å². The third-order valence-electron chi connectivity index (χ3n) is 0.536. The molecule has 0 atom stereocenters. The molecule has 0 spiro atoms. The molecular weight excluding hydrogens is 114 g/mol. The molecule has 0 amide bonds. The number of aromatic amines is 1. The van der Waals surface area contributed by atoms with Gasteiger partial charge in [-0.05, 0) is 12.8 Å². The first-order valence-corrected chi connectivity index (χ1v) is 2.02. The van der Waals surface area contributed by atoms with Crippen molar-refractivity contribution < 1.29 is 0 Å². The molecule has 1 N–H and O–H groups in total.